The highest BCUT2D eigenvalue weighted by molar-refractivity contribution is 5.85. The molecule has 1 aliphatic heterocycles. The Morgan fingerprint density at radius 1 is 1.42 bits per heavy atom. The molecule has 2 heterocycles. The van der Waals surface area contributed by atoms with Gasteiger partial charge < -0.3 is 20.8 Å². The van der Waals surface area contributed by atoms with E-state index < -0.39 is 5.76 Å². The van der Waals surface area contributed by atoms with Gasteiger partial charge in [-0.2, -0.15) is 0 Å². The standard InChI is InChI=1S/C12H14N4O3/c13-7-3-10-9(16-12(18)19-10)4-8(7)14-5-6-1-2-11(17)15-6/h3-4,6,14H,1-2,5,13H2,(H,15,17)(H,16,18). The van der Waals surface area contributed by atoms with Gasteiger partial charge in [-0.15, -0.1) is 0 Å². The first kappa shape index (κ1) is 11.6. The average molecular weight is 262 g/mol. The van der Waals surface area contributed by atoms with Crippen molar-refractivity contribution >= 4 is 28.4 Å². The molecule has 0 spiro atoms. The fourth-order valence-electron chi connectivity index (χ4n) is 2.23. The third kappa shape index (κ3) is 2.26. The Bertz CT molecular complexity index is 688. The number of H-pyrrole nitrogens is 1. The van der Waals surface area contributed by atoms with E-state index in [1.54, 1.807) is 12.1 Å². The van der Waals surface area contributed by atoms with E-state index >= 15 is 0 Å². The molecule has 1 amide bonds. The first-order valence-electron chi connectivity index (χ1n) is 6.07. The van der Waals surface area contributed by atoms with Gasteiger partial charge in [0.2, 0.25) is 5.91 Å². The van der Waals surface area contributed by atoms with Crippen molar-refractivity contribution in [2.75, 3.05) is 17.6 Å². The Morgan fingerprint density at radius 3 is 3.00 bits per heavy atom. The summed E-state index contributed by atoms with van der Waals surface area (Å²) in [4.78, 5) is 24.8. The van der Waals surface area contributed by atoms with Gasteiger partial charge in [0.1, 0.15) is 0 Å². The van der Waals surface area contributed by atoms with Crippen LogP contribution in [0.4, 0.5) is 11.4 Å². The maximum Gasteiger partial charge on any atom is 0.417 e. The summed E-state index contributed by atoms with van der Waals surface area (Å²) in [7, 11) is 0. The Morgan fingerprint density at radius 2 is 2.26 bits per heavy atom. The molecule has 100 valence electrons. The lowest BCUT2D eigenvalue weighted by Crippen LogP contribution is -2.31. The molecule has 7 nitrogen and oxygen atoms in total. The van der Waals surface area contributed by atoms with Crippen LogP contribution in [0.15, 0.2) is 21.3 Å². The molecule has 1 aromatic heterocycles. The number of rotatable bonds is 3. The molecule has 19 heavy (non-hydrogen) atoms. The number of aromatic amines is 1. The minimum atomic E-state index is -0.505. The van der Waals surface area contributed by atoms with Crippen LogP contribution < -0.4 is 22.1 Å². The molecule has 1 atom stereocenters. The molecule has 1 aromatic carbocycles. The minimum Gasteiger partial charge on any atom is -0.408 e. The fourth-order valence-corrected chi connectivity index (χ4v) is 2.23. The molecule has 3 rings (SSSR count). The van der Waals surface area contributed by atoms with Crippen molar-refractivity contribution in [1.29, 1.82) is 0 Å². The predicted octanol–water partition coefficient (Wildman–Crippen LogP) is 0.394. The Balaban J connectivity index is 1.78. The summed E-state index contributed by atoms with van der Waals surface area (Å²) in [6.45, 7) is 0.601. The van der Waals surface area contributed by atoms with Crippen LogP contribution >= 0.6 is 0 Å². The number of oxazole rings is 1. The summed E-state index contributed by atoms with van der Waals surface area (Å²) in [6.07, 6.45) is 1.38. The maximum atomic E-state index is 11.1. The summed E-state index contributed by atoms with van der Waals surface area (Å²) in [5.74, 6) is -0.427. The quantitative estimate of drug-likeness (QED) is 0.598. The summed E-state index contributed by atoms with van der Waals surface area (Å²) in [6, 6.07) is 3.45. The molecule has 1 fully saturated rings. The van der Waals surface area contributed by atoms with E-state index in [1.807, 2.05) is 0 Å². The van der Waals surface area contributed by atoms with Gasteiger partial charge >= 0.3 is 5.76 Å². The number of hydrogen-bond acceptors (Lipinski definition) is 5. The van der Waals surface area contributed by atoms with E-state index in [0.29, 0.717) is 35.4 Å². The van der Waals surface area contributed by atoms with Crippen molar-refractivity contribution in [1.82, 2.24) is 10.3 Å². The van der Waals surface area contributed by atoms with Crippen molar-refractivity contribution in [2.45, 2.75) is 18.9 Å². The predicted molar refractivity (Wildman–Crippen MR) is 70.9 cm³/mol. The van der Waals surface area contributed by atoms with E-state index in [4.69, 9.17) is 10.2 Å². The van der Waals surface area contributed by atoms with E-state index in [0.717, 1.165) is 6.42 Å². The largest absolute Gasteiger partial charge is 0.417 e. The second kappa shape index (κ2) is 4.34. The van der Waals surface area contributed by atoms with Gasteiger partial charge in [-0.25, -0.2) is 4.79 Å². The Labute approximate surface area is 108 Å². The van der Waals surface area contributed by atoms with Crippen LogP contribution in [0.25, 0.3) is 11.1 Å². The number of amides is 1. The number of hydrogen-bond donors (Lipinski definition) is 4. The smallest absolute Gasteiger partial charge is 0.408 e. The lowest BCUT2D eigenvalue weighted by atomic mass is 10.2. The van der Waals surface area contributed by atoms with Gasteiger partial charge in [-0.3, -0.25) is 9.78 Å². The topological polar surface area (TPSA) is 113 Å². The van der Waals surface area contributed by atoms with Crippen molar-refractivity contribution in [3.05, 3.63) is 22.7 Å². The number of fused-ring (bicyclic) bond motifs is 1. The molecule has 1 unspecified atom stereocenters. The second-order valence-corrected chi connectivity index (χ2v) is 4.63. The Kier molecular flexibility index (Phi) is 2.66. The highest BCUT2D eigenvalue weighted by atomic mass is 16.4. The zero-order valence-corrected chi connectivity index (χ0v) is 10.2. The second-order valence-electron chi connectivity index (χ2n) is 4.63. The zero-order valence-electron chi connectivity index (χ0n) is 10.2. The molecular formula is C12H14N4O3. The zero-order chi connectivity index (χ0) is 13.4. The maximum absolute atomic E-state index is 11.1. The van der Waals surface area contributed by atoms with Crippen LogP contribution in [0.1, 0.15) is 12.8 Å². The number of anilines is 2. The van der Waals surface area contributed by atoms with Crippen LogP contribution in [-0.2, 0) is 4.79 Å². The number of carbonyl (C=O) groups excluding carboxylic acids is 1. The SMILES string of the molecule is Nc1cc2oc(=O)[nH]c2cc1NCC1CCC(=O)N1. The molecule has 7 heteroatoms. The molecule has 0 radical (unpaired) electrons. The highest BCUT2D eigenvalue weighted by Crippen LogP contribution is 2.24. The first-order valence-corrected chi connectivity index (χ1v) is 6.07. The van der Waals surface area contributed by atoms with Gasteiger partial charge in [0, 0.05) is 25.1 Å². The number of carbonyl (C=O) groups is 1. The van der Waals surface area contributed by atoms with Crippen LogP contribution in [0.5, 0.6) is 0 Å². The summed E-state index contributed by atoms with van der Waals surface area (Å²) < 4.78 is 4.92. The van der Waals surface area contributed by atoms with Crippen LogP contribution in [0, 0.1) is 0 Å². The first-order chi connectivity index (χ1) is 9.11. The number of nitrogens with one attached hydrogen (secondary N) is 3. The minimum absolute atomic E-state index is 0.0781. The van der Waals surface area contributed by atoms with Gasteiger partial charge in [0.15, 0.2) is 5.58 Å². The molecule has 5 N–H and O–H groups in total. The van der Waals surface area contributed by atoms with Gasteiger partial charge in [-0.1, -0.05) is 0 Å². The molecule has 2 aromatic rings. The van der Waals surface area contributed by atoms with E-state index in [9.17, 15) is 9.59 Å². The third-order valence-electron chi connectivity index (χ3n) is 3.22. The lowest BCUT2D eigenvalue weighted by Gasteiger charge is -2.13. The van der Waals surface area contributed by atoms with E-state index in [1.165, 1.54) is 0 Å². The van der Waals surface area contributed by atoms with Crippen LogP contribution in [0.2, 0.25) is 0 Å². The van der Waals surface area contributed by atoms with Crippen molar-refractivity contribution in [2.24, 2.45) is 0 Å². The van der Waals surface area contributed by atoms with Crippen molar-refractivity contribution in [3.8, 4) is 0 Å². The van der Waals surface area contributed by atoms with Gasteiger partial charge in [-0.05, 0) is 12.5 Å². The van der Waals surface area contributed by atoms with E-state index in [-0.39, 0.29) is 11.9 Å². The number of nitrogens with two attached hydrogens (primary N) is 1. The van der Waals surface area contributed by atoms with Crippen molar-refractivity contribution in [3.63, 3.8) is 0 Å². The number of benzene rings is 1. The third-order valence-corrected chi connectivity index (χ3v) is 3.22. The molecule has 1 aliphatic rings. The lowest BCUT2D eigenvalue weighted by molar-refractivity contribution is -0.119. The molecule has 0 bridgehead atoms. The highest BCUT2D eigenvalue weighted by Gasteiger charge is 2.20. The van der Waals surface area contributed by atoms with Gasteiger partial charge in [0.05, 0.1) is 16.9 Å². The van der Waals surface area contributed by atoms with Gasteiger partial charge in [0.25, 0.3) is 0 Å². The monoisotopic (exact) mass is 262 g/mol. The number of nitrogen functional groups attached to an aromatic ring is 1. The molecule has 1 saturated heterocycles. The molecule has 0 saturated carbocycles. The van der Waals surface area contributed by atoms with Crippen LogP contribution in [0.3, 0.4) is 0 Å². The van der Waals surface area contributed by atoms with Crippen LogP contribution in [-0.4, -0.2) is 23.5 Å². The average Bonchev–Trinajstić information content (AvgIpc) is 2.91. The summed E-state index contributed by atoms with van der Waals surface area (Å²) in [5, 5.41) is 6.04. The summed E-state index contributed by atoms with van der Waals surface area (Å²) in [5.41, 5.74) is 8.12. The van der Waals surface area contributed by atoms with E-state index in [2.05, 4.69) is 15.6 Å². The summed E-state index contributed by atoms with van der Waals surface area (Å²) >= 11 is 0. The number of aromatic nitrogens is 1. The van der Waals surface area contributed by atoms with Crippen molar-refractivity contribution < 1.29 is 9.21 Å². The molecular weight excluding hydrogens is 248 g/mol. The Hall–Kier alpha value is -2.44. The molecule has 0 aliphatic carbocycles. The fraction of sp³-hybridized carbons (Fsp3) is 0.333. The normalized spacial score (nSPS) is 18.7.